The van der Waals surface area contributed by atoms with Crippen molar-refractivity contribution in [2.24, 2.45) is 11.7 Å². The van der Waals surface area contributed by atoms with E-state index in [2.05, 4.69) is 54.3 Å². The molecule has 1 amide bonds. The van der Waals surface area contributed by atoms with Gasteiger partial charge in [0.2, 0.25) is 5.91 Å². The van der Waals surface area contributed by atoms with Crippen molar-refractivity contribution in [1.82, 2.24) is 4.90 Å². The average molecular weight is 363 g/mol. The van der Waals surface area contributed by atoms with Crippen LogP contribution in [0.2, 0.25) is 0 Å². The number of amides is 1. The second kappa shape index (κ2) is 7.47. The Morgan fingerprint density at radius 3 is 2.74 bits per heavy atom. The first-order chi connectivity index (χ1) is 13.1. The van der Waals surface area contributed by atoms with Gasteiger partial charge in [-0.2, -0.15) is 0 Å². The van der Waals surface area contributed by atoms with Crippen LogP contribution < -0.4 is 5.73 Å². The summed E-state index contributed by atoms with van der Waals surface area (Å²) >= 11 is 0. The fraction of sp³-hybridized carbons (Fsp3) is 0.458. The van der Waals surface area contributed by atoms with Crippen molar-refractivity contribution < 1.29 is 4.79 Å². The fourth-order valence-corrected chi connectivity index (χ4v) is 5.56. The number of fused-ring (bicyclic) bond motifs is 2. The number of carbonyl (C=O) groups excluding carboxylic acids is 1. The molecule has 0 aromatic heterocycles. The number of primary amides is 1. The summed E-state index contributed by atoms with van der Waals surface area (Å²) in [6, 6.07) is 19.5. The molecule has 2 fully saturated rings. The number of likely N-dealkylation sites (tertiary alicyclic amines) is 1. The number of nitrogens with zero attached hydrogens (tertiary/aromatic N) is 1. The van der Waals surface area contributed by atoms with E-state index in [4.69, 9.17) is 5.73 Å². The van der Waals surface area contributed by atoms with Crippen molar-refractivity contribution in [3.63, 3.8) is 0 Å². The van der Waals surface area contributed by atoms with Crippen LogP contribution in [0.25, 0.3) is 0 Å². The summed E-state index contributed by atoms with van der Waals surface area (Å²) in [5.74, 6) is 0.271. The molecule has 2 aromatic carbocycles. The Balaban J connectivity index is 1.54. The van der Waals surface area contributed by atoms with Gasteiger partial charge in [0.25, 0.3) is 0 Å². The monoisotopic (exact) mass is 362 g/mol. The van der Waals surface area contributed by atoms with Crippen LogP contribution in [0.5, 0.6) is 0 Å². The third kappa shape index (κ3) is 3.41. The normalized spacial score (nSPS) is 28.0. The fourth-order valence-electron chi connectivity index (χ4n) is 5.56. The van der Waals surface area contributed by atoms with E-state index in [9.17, 15) is 4.79 Å². The summed E-state index contributed by atoms with van der Waals surface area (Å²) in [4.78, 5) is 14.4. The molecule has 1 aliphatic heterocycles. The summed E-state index contributed by atoms with van der Waals surface area (Å²) in [5, 5.41) is 0. The summed E-state index contributed by atoms with van der Waals surface area (Å²) in [7, 11) is 0. The van der Waals surface area contributed by atoms with Crippen LogP contribution in [0.15, 0.2) is 54.6 Å². The third-order valence-electron chi connectivity index (χ3n) is 7.14. The predicted octanol–water partition coefficient (Wildman–Crippen LogP) is 4.16. The minimum Gasteiger partial charge on any atom is -0.366 e. The zero-order valence-corrected chi connectivity index (χ0v) is 16.2. The maximum atomic E-state index is 11.7. The van der Waals surface area contributed by atoms with Crippen molar-refractivity contribution >= 4 is 5.91 Å². The molecule has 0 spiro atoms. The third-order valence-corrected chi connectivity index (χ3v) is 7.14. The van der Waals surface area contributed by atoms with Gasteiger partial charge in [0, 0.05) is 23.6 Å². The molecule has 4 rings (SSSR count). The summed E-state index contributed by atoms with van der Waals surface area (Å²) in [6.07, 6.45) is 6.06. The van der Waals surface area contributed by atoms with Gasteiger partial charge in [-0.15, -0.1) is 0 Å². The zero-order valence-electron chi connectivity index (χ0n) is 16.2. The smallest absolute Gasteiger partial charge is 0.248 e. The molecule has 3 nitrogen and oxygen atoms in total. The van der Waals surface area contributed by atoms with Crippen LogP contribution in [0, 0.1) is 5.92 Å². The van der Waals surface area contributed by atoms with E-state index in [1.54, 1.807) is 0 Å². The van der Waals surface area contributed by atoms with Gasteiger partial charge in [0.15, 0.2) is 0 Å². The summed E-state index contributed by atoms with van der Waals surface area (Å²) in [5.41, 5.74) is 9.12. The molecule has 142 valence electrons. The van der Waals surface area contributed by atoms with Gasteiger partial charge in [-0.05, 0) is 61.4 Å². The molecule has 1 heterocycles. The van der Waals surface area contributed by atoms with Gasteiger partial charge < -0.3 is 5.73 Å². The number of carbonyl (C=O) groups is 1. The highest BCUT2D eigenvalue weighted by atomic mass is 16.1. The molecule has 2 aromatic rings. The van der Waals surface area contributed by atoms with Crippen LogP contribution in [-0.2, 0) is 11.8 Å². The van der Waals surface area contributed by atoms with Crippen LogP contribution >= 0.6 is 0 Å². The Morgan fingerprint density at radius 2 is 1.96 bits per heavy atom. The molecule has 3 unspecified atom stereocenters. The summed E-state index contributed by atoms with van der Waals surface area (Å²) < 4.78 is 0. The van der Waals surface area contributed by atoms with E-state index in [1.165, 1.54) is 36.8 Å². The number of nitrogens with two attached hydrogens (primary N) is 1. The van der Waals surface area contributed by atoms with Gasteiger partial charge in [0.05, 0.1) is 0 Å². The highest BCUT2D eigenvalue weighted by molar-refractivity contribution is 5.93. The molecule has 3 atom stereocenters. The van der Waals surface area contributed by atoms with Crippen LogP contribution in [0.4, 0.5) is 0 Å². The van der Waals surface area contributed by atoms with E-state index >= 15 is 0 Å². The van der Waals surface area contributed by atoms with E-state index in [-0.39, 0.29) is 11.3 Å². The second-order valence-electron chi connectivity index (χ2n) is 8.37. The van der Waals surface area contributed by atoms with Gasteiger partial charge in [-0.25, -0.2) is 0 Å². The number of benzene rings is 2. The Hall–Kier alpha value is -2.13. The maximum Gasteiger partial charge on any atom is 0.248 e. The minimum absolute atomic E-state index is 0.192. The van der Waals surface area contributed by atoms with Gasteiger partial charge in [-0.1, -0.05) is 55.8 Å². The molecule has 27 heavy (non-hydrogen) atoms. The molecule has 2 aliphatic rings. The van der Waals surface area contributed by atoms with Crippen molar-refractivity contribution in [1.29, 1.82) is 0 Å². The first-order valence-electron chi connectivity index (χ1n) is 10.3. The Morgan fingerprint density at radius 1 is 1.15 bits per heavy atom. The molecule has 1 saturated carbocycles. The van der Waals surface area contributed by atoms with Gasteiger partial charge >= 0.3 is 0 Å². The lowest BCUT2D eigenvalue weighted by atomic mass is 9.57. The molecule has 3 heteroatoms. The Kier molecular flexibility index (Phi) is 5.05. The zero-order chi connectivity index (χ0) is 18.9. The highest BCUT2D eigenvalue weighted by Gasteiger charge is 2.49. The number of hydrogen-bond donors (Lipinski definition) is 1. The molecule has 0 radical (unpaired) electrons. The van der Waals surface area contributed by atoms with Crippen molar-refractivity contribution in [2.75, 3.05) is 13.1 Å². The van der Waals surface area contributed by atoms with Crippen molar-refractivity contribution in [3.05, 3.63) is 71.3 Å². The quantitative estimate of drug-likeness (QED) is 0.868. The lowest BCUT2D eigenvalue weighted by molar-refractivity contribution is -0.00236. The van der Waals surface area contributed by atoms with E-state index in [0.29, 0.717) is 17.5 Å². The Labute approximate surface area is 162 Å². The van der Waals surface area contributed by atoms with Crippen LogP contribution in [0.1, 0.15) is 54.1 Å². The molecule has 1 aliphatic carbocycles. The molecule has 2 bridgehead atoms. The van der Waals surface area contributed by atoms with Crippen LogP contribution in [-0.4, -0.2) is 29.9 Å². The standard InChI is InChI=1S/C24H30N2O/c1-18-22-11-6-13-24(18,21-10-5-9-20(17-21)23(25)27)14-16-26(22)15-12-19-7-3-2-4-8-19/h2-5,7-10,17-18,22H,6,11-16H2,1H3,(H2,25,27). The highest BCUT2D eigenvalue weighted by Crippen LogP contribution is 2.50. The Bertz CT molecular complexity index is 803. The summed E-state index contributed by atoms with van der Waals surface area (Å²) in [6.45, 7) is 4.70. The molecule has 2 N–H and O–H groups in total. The SMILES string of the molecule is CC1C2CCCC1(c1cccc(C(N)=O)c1)CCN2CCc1ccccc1. The van der Waals surface area contributed by atoms with Crippen molar-refractivity contribution in [2.45, 2.75) is 50.5 Å². The minimum atomic E-state index is -0.325. The van der Waals surface area contributed by atoms with Gasteiger partial charge in [-0.3, -0.25) is 9.69 Å². The molecular weight excluding hydrogens is 332 g/mol. The topological polar surface area (TPSA) is 46.3 Å². The first kappa shape index (κ1) is 18.2. The molecular formula is C24H30N2O. The largest absolute Gasteiger partial charge is 0.366 e. The number of rotatable bonds is 5. The van der Waals surface area contributed by atoms with E-state index in [1.807, 2.05) is 12.1 Å². The van der Waals surface area contributed by atoms with Gasteiger partial charge in [0.1, 0.15) is 0 Å². The lowest BCUT2D eigenvalue weighted by Gasteiger charge is -2.56. The van der Waals surface area contributed by atoms with Crippen LogP contribution in [0.3, 0.4) is 0 Å². The second-order valence-corrected chi connectivity index (χ2v) is 8.37. The molecule has 1 saturated heterocycles. The van der Waals surface area contributed by atoms with E-state index in [0.717, 1.165) is 19.5 Å². The predicted molar refractivity (Wildman–Crippen MR) is 110 cm³/mol. The van der Waals surface area contributed by atoms with E-state index < -0.39 is 0 Å². The maximum absolute atomic E-state index is 11.7. The number of piperidine rings is 1. The number of hydrogen-bond acceptors (Lipinski definition) is 2. The average Bonchev–Trinajstić information content (AvgIpc) is 2.68. The van der Waals surface area contributed by atoms with Crippen molar-refractivity contribution in [3.8, 4) is 0 Å². The first-order valence-corrected chi connectivity index (χ1v) is 10.3. The lowest BCUT2D eigenvalue weighted by Crippen LogP contribution is -2.58.